The van der Waals surface area contributed by atoms with Gasteiger partial charge in [0.2, 0.25) is 0 Å². The van der Waals surface area contributed by atoms with E-state index in [-0.39, 0.29) is 5.97 Å². The first-order chi connectivity index (χ1) is 8.93. The molecule has 0 unspecified atom stereocenters. The van der Waals surface area contributed by atoms with Gasteiger partial charge in [0.15, 0.2) is 0 Å². The summed E-state index contributed by atoms with van der Waals surface area (Å²) in [5, 5.41) is 7.60. The number of ether oxygens (including phenoxy) is 1. The van der Waals surface area contributed by atoms with E-state index in [1.165, 1.54) is 25.3 Å². The van der Waals surface area contributed by atoms with Crippen molar-refractivity contribution in [1.29, 1.82) is 0 Å². The molecule has 0 aliphatic carbocycles. The number of unbranched alkanes of at least 4 members (excludes halogenated alkanes) is 3. The van der Waals surface area contributed by atoms with Crippen molar-refractivity contribution in [3.63, 3.8) is 0 Å². The number of rotatable bonds is 9. The molecule has 0 bridgehead atoms. The first-order valence-corrected chi connectivity index (χ1v) is 6.58. The summed E-state index contributed by atoms with van der Waals surface area (Å²) in [6.07, 6.45) is 7.98. The molecule has 0 aliphatic rings. The summed E-state index contributed by atoms with van der Waals surface area (Å²) in [6.45, 7) is 11.3. The molecule has 1 N–H and O–H groups in total. The van der Waals surface area contributed by atoms with Crippen LogP contribution in [0, 0.1) is 5.92 Å². The molecule has 0 aromatic rings. The summed E-state index contributed by atoms with van der Waals surface area (Å²) in [5.41, 5.74) is 0. The van der Waals surface area contributed by atoms with Crippen molar-refractivity contribution in [2.75, 3.05) is 6.61 Å². The summed E-state index contributed by atoms with van der Waals surface area (Å²) in [6, 6.07) is 0. The van der Waals surface area contributed by atoms with Crippen molar-refractivity contribution in [2.24, 2.45) is 5.92 Å². The van der Waals surface area contributed by atoms with Gasteiger partial charge < -0.3 is 9.84 Å². The largest absolute Gasteiger partial charge is 0.478 e. The Balaban J connectivity index is 0. The molecular weight excluding hydrogens is 244 g/mol. The third kappa shape index (κ3) is 22.1. The highest BCUT2D eigenvalue weighted by atomic mass is 16.5. The summed E-state index contributed by atoms with van der Waals surface area (Å²) in [5.74, 6) is -0.495. The van der Waals surface area contributed by atoms with Gasteiger partial charge in [0.25, 0.3) is 0 Å². The maximum Gasteiger partial charge on any atom is 0.330 e. The zero-order valence-electron chi connectivity index (χ0n) is 12.1. The molecule has 0 amide bonds. The van der Waals surface area contributed by atoms with Crippen LogP contribution < -0.4 is 0 Å². The molecule has 19 heavy (non-hydrogen) atoms. The second-order valence-corrected chi connectivity index (χ2v) is 4.51. The molecule has 4 heteroatoms. The zero-order chi connectivity index (χ0) is 15.1. The average molecular weight is 270 g/mol. The standard InChI is InChI=1S/C12H22O2.C3H4O2/c1-4-12(13)14-10-8-6-5-7-9-11(2)3;1-2-3(4)5/h4,11H,1,5-10H2,2-3H3;2H,1H2,(H,4,5). The minimum atomic E-state index is -0.981. The van der Waals surface area contributed by atoms with Gasteiger partial charge in [0.1, 0.15) is 0 Å². The topological polar surface area (TPSA) is 63.6 Å². The van der Waals surface area contributed by atoms with E-state index in [0.29, 0.717) is 6.61 Å². The van der Waals surface area contributed by atoms with E-state index in [1.807, 2.05) is 0 Å². The molecule has 0 spiro atoms. The van der Waals surface area contributed by atoms with Crippen molar-refractivity contribution in [3.05, 3.63) is 25.3 Å². The zero-order valence-corrected chi connectivity index (χ0v) is 12.1. The first kappa shape index (κ1) is 19.8. The Bertz CT molecular complexity index is 269. The van der Waals surface area contributed by atoms with Gasteiger partial charge in [-0.25, -0.2) is 9.59 Å². The molecule has 4 nitrogen and oxygen atoms in total. The minimum absolute atomic E-state index is 0.313. The highest BCUT2D eigenvalue weighted by molar-refractivity contribution is 5.81. The molecule has 0 aromatic heterocycles. The van der Waals surface area contributed by atoms with E-state index in [4.69, 9.17) is 9.84 Å². The van der Waals surface area contributed by atoms with Gasteiger partial charge in [-0.15, -0.1) is 0 Å². The van der Waals surface area contributed by atoms with Crippen LogP contribution in [0.1, 0.15) is 46.0 Å². The minimum Gasteiger partial charge on any atom is -0.478 e. The van der Waals surface area contributed by atoms with Gasteiger partial charge in [-0.1, -0.05) is 52.7 Å². The Labute approximate surface area is 116 Å². The summed E-state index contributed by atoms with van der Waals surface area (Å²) < 4.78 is 4.86. The van der Waals surface area contributed by atoms with E-state index in [1.54, 1.807) is 0 Å². The lowest BCUT2D eigenvalue weighted by Crippen LogP contribution is -2.01. The van der Waals surface area contributed by atoms with Crippen LogP contribution in [-0.4, -0.2) is 23.7 Å². The fourth-order valence-corrected chi connectivity index (χ4v) is 1.24. The van der Waals surface area contributed by atoms with Crippen LogP contribution in [0.4, 0.5) is 0 Å². The second-order valence-electron chi connectivity index (χ2n) is 4.51. The van der Waals surface area contributed by atoms with Crippen LogP contribution in [0.5, 0.6) is 0 Å². The van der Waals surface area contributed by atoms with Gasteiger partial charge in [0, 0.05) is 12.2 Å². The van der Waals surface area contributed by atoms with Crippen molar-refractivity contribution in [3.8, 4) is 0 Å². The highest BCUT2D eigenvalue weighted by Crippen LogP contribution is 2.09. The Kier molecular flexibility index (Phi) is 15.1. The molecule has 0 heterocycles. The molecular formula is C15H26O4. The normalized spacial score (nSPS) is 9.21. The number of carboxylic acids is 1. The van der Waals surface area contributed by atoms with Crippen molar-refractivity contribution < 1.29 is 19.4 Å². The Morgan fingerprint density at radius 2 is 1.63 bits per heavy atom. The van der Waals surface area contributed by atoms with Crippen molar-refractivity contribution >= 4 is 11.9 Å². The van der Waals surface area contributed by atoms with Gasteiger partial charge >= 0.3 is 11.9 Å². The Hall–Kier alpha value is -1.58. The monoisotopic (exact) mass is 270 g/mol. The fraction of sp³-hybridized carbons (Fsp3) is 0.600. The van der Waals surface area contributed by atoms with E-state index < -0.39 is 5.97 Å². The third-order valence-corrected chi connectivity index (χ3v) is 2.26. The van der Waals surface area contributed by atoms with Gasteiger partial charge in [-0.3, -0.25) is 0 Å². The fourth-order valence-electron chi connectivity index (χ4n) is 1.24. The third-order valence-electron chi connectivity index (χ3n) is 2.26. The van der Waals surface area contributed by atoms with Crippen molar-refractivity contribution in [1.82, 2.24) is 0 Å². The molecule has 0 radical (unpaired) electrons. The highest BCUT2D eigenvalue weighted by Gasteiger charge is 1.96. The van der Waals surface area contributed by atoms with Crippen LogP contribution in [0.2, 0.25) is 0 Å². The number of carbonyl (C=O) groups excluding carboxylic acids is 1. The lowest BCUT2D eigenvalue weighted by molar-refractivity contribution is -0.138. The molecule has 0 aliphatic heterocycles. The number of carbonyl (C=O) groups is 2. The number of hydrogen-bond donors (Lipinski definition) is 1. The molecule has 0 fully saturated rings. The number of hydrogen-bond acceptors (Lipinski definition) is 3. The quantitative estimate of drug-likeness (QED) is 0.395. The summed E-state index contributed by atoms with van der Waals surface area (Å²) in [7, 11) is 0. The van der Waals surface area contributed by atoms with Crippen LogP contribution in [0.25, 0.3) is 0 Å². The van der Waals surface area contributed by atoms with Crippen molar-refractivity contribution in [2.45, 2.75) is 46.0 Å². The molecule has 0 aromatic carbocycles. The lowest BCUT2D eigenvalue weighted by atomic mass is 10.0. The Morgan fingerprint density at radius 1 is 1.11 bits per heavy atom. The first-order valence-electron chi connectivity index (χ1n) is 6.58. The van der Waals surface area contributed by atoms with Crippen LogP contribution in [0.3, 0.4) is 0 Å². The number of esters is 1. The summed E-state index contributed by atoms with van der Waals surface area (Å²) >= 11 is 0. The lowest BCUT2D eigenvalue weighted by Gasteiger charge is -2.04. The molecule has 0 saturated carbocycles. The van der Waals surface area contributed by atoms with E-state index >= 15 is 0 Å². The molecule has 0 atom stereocenters. The van der Waals surface area contributed by atoms with Gasteiger partial charge in [-0.05, 0) is 12.3 Å². The van der Waals surface area contributed by atoms with E-state index in [0.717, 1.165) is 24.8 Å². The van der Waals surface area contributed by atoms with Crippen LogP contribution in [-0.2, 0) is 14.3 Å². The molecule has 110 valence electrons. The maximum absolute atomic E-state index is 10.6. The molecule has 0 rings (SSSR count). The molecule has 0 saturated heterocycles. The summed E-state index contributed by atoms with van der Waals surface area (Å²) in [4.78, 5) is 19.9. The second kappa shape index (κ2) is 14.5. The van der Waals surface area contributed by atoms with Crippen LogP contribution >= 0.6 is 0 Å². The smallest absolute Gasteiger partial charge is 0.330 e. The SMILES string of the molecule is C=CC(=O)O.C=CC(=O)OCCCCCCC(C)C. The van der Waals surface area contributed by atoms with Gasteiger partial charge in [0.05, 0.1) is 6.61 Å². The maximum atomic E-state index is 10.6. The van der Waals surface area contributed by atoms with E-state index in [9.17, 15) is 9.59 Å². The number of aliphatic carboxylic acids is 1. The number of carboxylic acid groups (broad SMARTS) is 1. The predicted molar refractivity (Wildman–Crippen MR) is 76.9 cm³/mol. The van der Waals surface area contributed by atoms with Gasteiger partial charge in [-0.2, -0.15) is 0 Å². The van der Waals surface area contributed by atoms with Crippen LogP contribution in [0.15, 0.2) is 25.3 Å². The average Bonchev–Trinajstić information content (AvgIpc) is 2.37. The Morgan fingerprint density at radius 3 is 2.05 bits per heavy atom. The van der Waals surface area contributed by atoms with E-state index in [2.05, 4.69) is 27.0 Å². The predicted octanol–water partition coefficient (Wildman–Crippen LogP) is 3.58.